The molecule has 1 aromatic carbocycles. The van der Waals surface area contributed by atoms with Crippen LogP contribution in [0.3, 0.4) is 0 Å². The molecule has 90 valence electrons. The summed E-state index contributed by atoms with van der Waals surface area (Å²) in [6, 6.07) is 6.47. The van der Waals surface area contributed by atoms with Crippen LogP contribution in [-0.2, 0) is 9.84 Å². The van der Waals surface area contributed by atoms with E-state index in [4.69, 9.17) is 0 Å². The number of rotatable bonds is 3. The molecule has 0 radical (unpaired) electrons. The second-order valence-electron chi connectivity index (χ2n) is 3.94. The van der Waals surface area contributed by atoms with E-state index in [1.54, 1.807) is 24.3 Å². The number of benzene rings is 1. The maximum Gasteiger partial charge on any atom is 0.261 e. The molecule has 0 atom stereocenters. The van der Waals surface area contributed by atoms with Crippen molar-refractivity contribution >= 4 is 21.7 Å². The Bertz CT molecular complexity index is 556. The van der Waals surface area contributed by atoms with E-state index >= 15 is 0 Å². The van der Waals surface area contributed by atoms with E-state index in [-0.39, 0.29) is 12.3 Å². The van der Waals surface area contributed by atoms with Gasteiger partial charge in [-0.15, -0.1) is 0 Å². The molecule has 1 aliphatic heterocycles. The van der Waals surface area contributed by atoms with E-state index in [2.05, 4.69) is 0 Å². The Morgan fingerprint density at radius 3 is 1.94 bits per heavy atom. The van der Waals surface area contributed by atoms with Crippen molar-refractivity contribution in [3.8, 4) is 0 Å². The van der Waals surface area contributed by atoms with Crippen LogP contribution in [0.4, 0.5) is 0 Å². The molecule has 1 heterocycles. The third-order valence-corrected chi connectivity index (χ3v) is 3.49. The van der Waals surface area contributed by atoms with Crippen LogP contribution in [-0.4, -0.2) is 43.7 Å². The number of sulfone groups is 1. The third kappa shape index (κ3) is 2.21. The lowest BCUT2D eigenvalue weighted by molar-refractivity contribution is 0.0664. The van der Waals surface area contributed by atoms with Crippen molar-refractivity contribution in [2.45, 2.75) is 0 Å². The molecule has 0 N–H and O–H groups in total. The van der Waals surface area contributed by atoms with Crippen molar-refractivity contribution in [1.29, 1.82) is 0 Å². The molecule has 17 heavy (non-hydrogen) atoms. The lowest BCUT2D eigenvalue weighted by atomic mass is 10.1. The molecule has 0 spiro atoms. The Morgan fingerprint density at radius 1 is 1.06 bits per heavy atom. The molecule has 6 heteroatoms. The van der Waals surface area contributed by atoms with Crippen LogP contribution in [0.1, 0.15) is 20.7 Å². The van der Waals surface area contributed by atoms with E-state index in [0.717, 1.165) is 11.2 Å². The molecular formula is C11H11NO4S. The normalized spacial score (nSPS) is 15.2. The Labute approximate surface area is 99.0 Å². The molecule has 0 bridgehead atoms. The molecule has 0 aromatic heterocycles. The van der Waals surface area contributed by atoms with Crippen molar-refractivity contribution in [2.24, 2.45) is 0 Å². The molecule has 0 aliphatic carbocycles. The summed E-state index contributed by atoms with van der Waals surface area (Å²) in [5, 5.41) is 0. The van der Waals surface area contributed by atoms with Crippen LogP contribution < -0.4 is 0 Å². The smallest absolute Gasteiger partial charge is 0.261 e. The zero-order chi connectivity index (χ0) is 12.6. The van der Waals surface area contributed by atoms with E-state index in [1.807, 2.05) is 0 Å². The summed E-state index contributed by atoms with van der Waals surface area (Å²) in [5.74, 6) is -1.05. The first-order chi connectivity index (χ1) is 7.90. The van der Waals surface area contributed by atoms with Crippen molar-refractivity contribution in [2.75, 3.05) is 18.6 Å². The highest BCUT2D eigenvalue weighted by atomic mass is 32.2. The summed E-state index contributed by atoms with van der Waals surface area (Å²) >= 11 is 0. The van der Waals surface area contributed by atoms with Crippen molar-refractivity contribution < 1.29 is 18.0 Å². The summed E-state index contributed by atoms with van der Waals surface area (Å²) < 4.78 is 22.0. The van der Waals surface area contributed by atoms with Crippen LogP contribution in [0.15, 0.2) is 24.3 Å². The Balaban J connectivity index is 2.25. The van der Waals surface area contributed by atoms with Crippen molar-refractivity contribution in [3.05, 3.63) is 35.4 Å². The average molecular weight is 253 g/mol. The lowest BCUT2D eigenvalue weighted by Crippen LogP contribution is -2.34. The quantitative estimate of drug-likeness (QED) is 0.728. The largest absolute Gasteiger partial charge is 0.273 e. The first kappa shape index (κ1) is 11.8. The molecule has 2 rings (SSSR count). The summed E-state index contributed by atoms with van der Waals surface area (Å²) in [4.78, 5) is 24.6. The molecule has 0 fully saturated rings. The molecule has 1 aliphatic rings. The number of fused-ring (bicyclic) bond motifs is 1. The molecule has 0 saturated heterocycles. The van der Waals surface area contributed by atoms with Crippen LogP contribution in [0.5, 0.6) is 0 Å². The first-order valence-corrected chi connectivity index (χ1v) is 7.09. The Hall–Kier alpha value is -1.69. The Morgan fingerprint density at radius 2 is 1.53 bits per heavy atom. The molecule has 2 amide bonds. The minimum atomic E-state index is -3.19. The average Bonchev–Trinajstić information content (AvgIpc) is 2.49. The molecular weight excluding hydrogens is 242 g/mol. The monoisotopic (exact) mass is 253 g/mol. The van der Waals surface area contributed by atoms with E-state index in [9.17, 15) is 18.0 Å². The minimum absolute atomic E-state index is 0.0921. The van der Waals surface area contributed by atoms with Gasteiger partial charge in [0.2, 0.25) is 0 Å². The van der Waals surface area contributed by atoms with Gasteiger partial charge in [0.1, 0.15) is 9.84 Å². The van der Waals surface area contributed by atoms with Gasteiger partial charge in [0.05, 0.1) is 16.9 Å². The van der Waals surface area contributed by atoms with Gasteiger partial charge in [0.15, 0.2) is 0 Å². The molecule has 1 aromatic rings. The van der Waals surface area contributed by atoms with Crippen LogP contribution in [0, 0.1) is 0 Å². The molecule has 0 saturated carbocycles. The number of imide groups is 1. The van der Waals surface area contributed by atoms with Crippen LogP contribution in [0.2, 0.25) is 0 Å². The Kier molecular flexibility index (Phi) is 2.74. The van der Waals surface area contributed by atoms with Crippen molar-refractivity contribution in [3.63, 3.8) is 0 Å². The highest BCUT2D eigenvalue weighted by Crippen LogP contribution is 2.21. The van der Waals surface area contributed by atoms with Crippen LogP contribution >= 0.6 is 0 Å². The van der Waals surface area contributed by atoms with Gasteiger partial charge in [-0.25, -0.2) is 8.42 Å². The number of hydrogen-bond acceptors (Lipinski definition) is 4. The van der Waals surface area contributed by atoms with Crippen LogP contribution in [0.25, 0.3) is 0 Å². The fourth-order valence-corrected chi connectivity index (χ4v) is 2.21. The summed E-state index contributed by atoms with van der Waals surface area (Å²) in [7, 11) is -3.19. The van der Waals surface area contributed by atoms with E-state index in [0.29, 0.717) is 11.1 Å². The summed E-state index contributed by atoms with van der Waals surface area (Å²) in [5.41, 5.74) is 0.678. The van der Waals surface area contributed by atoms with Gasteiger partial charge in [-0.1, -0.05) is 12.1 Å². The van der Waals surface area contributed by atoms with E-state index in [1.165, 1.54) is 0 Å². The topological polar surface area (TPSA) is 71.5 Å². The number of amides is 2. The van der Waals surface area contributed by atoms with Gasteiger partial charge < -0.3 is 0 Å². The standard InChI is InChI=1S/C11H11NO4S/c1-17(15,16)7-6-12-10(13)8-4-2-3-5-9(8)11(12)14/h2-5H,6-7H2,1H3. The van der Waals surface area contributed by atoms with E-state index < -0.39 is 21.7 Å². The molecule has 5 nitrogen and oxygen atoms in total. The highest BCUT2D eigenvalue weighted by molar-refractivity contribution is 7.90. The van der Waals surface area contributed by atoms with Crippen molar-refractivity contribution in [1.82, 2.24) is 4.90 Å². The zero-order valence-electron chi connectivity index (χ0n) is 9.21. The number of carbonyl (C=O) groups excluding carboxylic acids is 2. The number of nitrogens with zero attached hydrogens (tertiary/aromatic N) is 1. The van der Waals surface area contributed by atoms with Gasteiger partial charge in [0, 0.05) is 12.8 Å². The van der Waals surface area contributed by atoms with Gasteiger partial charge in [0.25, 0.3) is 11.8 Å². The zero-order valence-corrected chi connectivity index (χ0v) is 10.0. The summed E-state index contributed by atoms with van der Waals surface area (Å²) in [6.07, 6.45) is 1.07. The second kappa shape index (κ2) is 3.96. The van der Waals surface area contributed by atoms with Gasteiger partial charge in [-0.2, -0.15) is 0 Å². The SMILES string of the molecule is CS(=O)(=O)CCN1C(=O)c2ccccc2C1=O. The maximum atomic E-state index is 11.8. The summed E-state index contributed by atoms with van der Waals surface area (Å²) in [6.45, 7) is -0.0921. The number of carbonyl (C=O) groups is 2. The fourth-order valence-electron chi connectivity index (χ4n) is 1.70. The first-order valence-electron chi connectivity index (χ1n) is 5.03. The third-order valence-electron chi connectivity index (χ3n) is 2.56. The fraction of sp³-hybridized carbons (Fsp3) is 0.273. The van der Waals surface area contributed by atoms with Gasteiger partial charge >= 0.3 is 0 Å². The maximum absolute atomic E-state index is 11.8. The lowest BCUT2D eigenvalue weighted by Gasteiger charge is -2.12. The van der Waals surface area contributed by atoms with Gasteiger partial charge in [-0.3, -0.25) is 14.5 Å². The predicted octanol–water partition coefficient (Wildman–Crippen LogP) is 0.327. The molecule has 0 unspecified atom stereocenters. The van der Waals surface area contributed by atoms with Gasteiger partial charge in [-0.05, 0) is 12.1 Å². The predicted molar refractivity (Wildman–Crippen MR) is 61.5 cm³/mol. The number of hydrogen-bond donors (Lipinski definition) is 0. The highest BCUT2D eigenvalue weighted by Gasteiger charge is 2.35. The second-order valence-corrected chi connectivity index (χ2v) is 6.20. The minimum Gasteiger partial charge on any atom is -0.273 e.